The molecule has 3 fully saturated rings. The molecule has 0 aromatic carbocycles. The van der Waals surface area contributed by atoms with E-state index in [9.17, 15) is 28.8 Å². The summed E-state index contributed by atoms with van der Waals surface area (Å²) in [6, 6.07) is -2.97. The zero-order chi connectivity index (χ0) is 35.9. The summed E-state index contributed by atoms with van der Waals surface area (Å²) in [5.74, 6) is -3.41. The summed E-state index contributed by atoms with van der Waals surface area (Å²) in [4.78, 5) is 91.7. The molecule has 3 aliphatic rings. The third-order valence-corrected chi connectivity index (χ3v) is 10.8. The van der Waals surface area contributed by atoms with E-state index in [1.807, 2.05) is 41.5 Å². The number of hydrogen-bond acceptors (Lipinski definition) is 8. The number of carbonyl (C=O) groups excluding carboxylic acids is 6. The summed E-state index contributed by atoms with van der Waals surface area (Å²) < 4.78 is 0. The topological polar surface area (TPSA) is 168 Å². The first-order chi connectivity index (χ1) is 23.3. The summed E-state index contributed by atoms with van der Waals surface area (Å²) in [6.07, 6.45) is 12.0. The van der Waals surface area contributed by atoms with Gasteiger partial charge in [0.15, 0.2) is 5.78 Å². The fourth-order valence-electron chi connectivity index (χ4n) is 7.88. The lowest BCUT2D eigenvalue weighted by Crippen LogP contribution is -2.60. The van der Waals surface area contributed by atoms with E-state index < -0.39 is 47.1 Å². The molecule has 7 atom stereocenters. The van der Waals surface area contributed by atoms with Gasteiger partial charge in [-0.05, 0) is 68.6 Å². The summed E-state index contributed by atoms with van der Waals surface area (Å²) in [7, 11) is 0. The number of ketones is 2. The Morgan fingerprint density at radius 3 is 2.27 bits per heavy atom. The lowest BCUT2D eigenvalue weighted by molar-refractivity contribution is -0.146. The zero-order valence-electron chi connectivity index (χ0n) is 30.1. The molecule has 12 heteroatoms. The van der Waals surface area contributed by atoms with Gasteiger partial charge in [0.1, 0.15) is 17.8 Å². The Bertz CT molecular complexity index is 1360. The first-order valence-corrected chi connectivity index (χ1v) is 18.3. The maximum absolute atomic E-state index is 14.6. The lowest BCUT2D eigenvalue weighted by atomic mass is 9.82. The Balaban J connectivity index is 1.56. The summed E-state index contributed by atoms with van der Waals surface area (Å²) >= 11 is 0. The molecule has 0 bridgehead atoms. The van der Waals surface area contributed by atoms with Gasteiger partial charge in [0.25, 0.3) is 5.91 Å². The molecule has 4 amide bonds. The van der Waals surface area contributed by atoms with Gasteiger partial charge < -0.3 is 20.9 Å². The first kappa shape index (κ1) is 38.1. The minimum Gasteiger partial charge on any atom is -0.347 e. The van der Waals surface area contributed by atoms with Crippen molar-refractivity contribution in [3.63, 3.8) is 0 Å². The van der Waals surface area contributed by atoms with Crippen LogP contribution in [0.25, 0.3) is 0 Å². The molecule has 0 unspecified atom stereocenters. The van der Waals surface area contributed by atoms with Crippen molar-refractivity contribution in [3.8, 4) is 0 Å². The van der Waals surface area contributed by atoms with Crippen LogP contribution in [0.15, 0.2) is 18.6 Å². The molecule has 1 aromatic rings. The molecular weight excluding hydrogens is 624 g/mol. The largest absolute Gasteiger partial charge is 0.347 e. The maximum Gasteiger partial charge on any atom is 0.289 e. The molecule has 1 aromatic heterocycles. The summed E-state index contributed by atoms with van der Waals surface area (Å²) in [6.45, 7) is 11.6. The molecule has 2 aliphatic carbocycles. The number of amides is 4. The van der Waals surface area contributed by atoms with Gasteiger partial charge in [-0.3, -0.25) is 33.8 Å². The van der Waals surface area contributed by atoms with E-state index in [1.54, 1.807) is 4.90 Å². The predicted octanol–water partition coefficient (Wildman–Crippen LogP) is 3.78. The van der Waals surface area contributed by atoms with Crippen molar-refractivity contribution < 1.29 is 28.8 Å². The Morgan fingerprint density at radius 2 is 1.65 bits per heavy atom. The van der Waals surface area contributed by atoms with E-state index in [2.05, 4.69) is 25.9 Å². The second-order valence-corrected chi connectivity index (χ2v) is 15.5. The number of nitrogens with zero attached hydrogens (tertiary/aromatic N) is 3. The van der Waals surface area contributed by atoms with E-state index in [4.69, 9.17) is 0 Å². The molecule has 270 valence electrons. The standard InChI is InChI=1S/C37H56N6O6/c1-7-12-27(31(45)35(48)40-22(3)8-2)41-34(47)30-25-16-11-15-24(25)21-43(30)36(49)32(37(4,5)6)42-33(46)26(23-13-9-10-14-23)19-29(44)28-20-38-17-18-39-28/h17-18,20,22-27,30,32H,7-16,19,21H2,1-6H3,(H,40,48)(H,41,47)(H,42,46)/t22-,24-,25-,26-,27-,30-,32+/m0/s1. The van der Waals surface area contributed by atoms with Crippen molar-refractivity contribution in [1.29, 1.82) is 0 Å². The van der Waals surface area contributed by atoms with Crippen LogP contribution in [0, 0.1) is 29.1 Å². The van der Waals surface area contributed by atoms with Crippen LogP contribution < -0.4 is 16.0 Å². The molecule has 0 radical (unpaired) electrons. The molecule has 3 N–H and O–H groups in total. The van der Waals surface area contributed by atoms with Gasteiger partial charge in [0.2, 0.25) is 23.5 Å². The van der Waals surface area contributed by atoms with Crippen LogP contribution in [0.2, 0.25) is 0 Å². The van der Waals surface area contributed by atoms with Crippen molar-refractivity contribution >= 4 is 35.2 Å². The van der Waals surface area contributed by atoms with Gasteiger partial charge in [-0.1, -0.05) is 60.3 Å². The normalized spacial score (nSPS) is 23.2. The number of aromatic nitrogens is 2. The third-order valence-electron chi connectivity index (χ3n) is 10.8. The van der Waals surface area contributed by atoms with E-state index in [0.717, 1.165) is 44.9 Å². The number of hydrogen-bond donors (Lipinski definition) is 3. The van der Waals surface area contributed by atoms with Crippen LogP contribution in [0.5, 0.6) is 0 Å². The van der Waals surface area contributed by atoms with Crippen LogP contribution in [0.4, 0.5) is 0 Å². The molecule has 2 heterocycles. The third kappa shape index (κ3) is 9.30. The van der Waals surface area contributed by atoms with E-state index in [0.29, 0.717) is 25.8 Å². The average molecular weight is 681 g/mol. The van der Waals surface area contributed by atoms with E-state index in [-0.39, 0.29) is 53.5 Å². The van der Waals surface area contributed by atoms with E-state index >= 15 is 0 Å². The Kier molecular flexibility index (Phi) is 13.1. The quantitative estimate of drug-likeness (QED) is 0.186. The van der Waals surface area contributed by atoms with Gasteiger partial charge in [-0.25, -0.2) is 4.98 Å². The van der Waals surface area contributed by atoms with Crippen molar-refractivity contribution in [2.24, 2.45) is 29.1 Å². The minimum atomic E-state index is -1.00. The molecule has 2 saturated carbocycles. The highest BCUT2D eigenvalue weighted by molar-refractivity contribution is 6.38. The van der Waals surface area contributed by atoms with Crippen LogP contribution in [0.1, 0.15) is 123 Å². The lowest BCUT2D eigenvalue weighted by Gasteiger charge is -2.37. The number of rotatable bonds is 15. The number of carbonyl (C=O) groups is 6. The Hall–Kier alpha value is -3.70. The maximum atomic E-state index is 14.6. The smallest absolute Gasteiger partial charge is 0.289 e. The van der Waals surface area contributed by atoms with Gasteiger partial charge in [-0.15, -0.1) is 0 Å². The highest BCUT2D eigenvalue weighted by atomic mass is 16.2. The van der Waals surface area contributed by atoms with Crippen molar-refractivity contribution in [2.75, 3.05) is 6.54 Å². The Labute approximate surface area is 290 Å². The van der Waals surface area contributed by atoms with Crippen molar-refractivity contribution in [2.45, 2.75) is 136 Å². The van der Waals surface area contributed by atoms with Crippen LogP contribution in [0.3, 0.4) is 0 Å². The number of likely N-dealkylation sites (tertiary alicyclic amines) is 1. The summed E-state index contributed by atoms with van der Waals surface area (Å²) in [5, 5.41) is 8.62. The minimum absolute atomic E-state index is 0.00608. The van der Waals surface area contributed by atoms with Crippen molar-refractivity contribution in [1.82, 2.24) is 30.8 Å². The number of fused-ring (bicyclic) bond motifs is 1. The zero-order valence-corrected chi connectivity index (χ0v) is 30.1. The molecule has 0 spiro atoms. The van der Waals surface area contributed by atoms with Crippen molar-refractivity contribution in [3.05, 3.63) is 24.3 Å². The molecule has 1 saturated heterocycles. The van der Waals surface area contributed by atoms with Crippen LogP contribution in [-0.4, -0.2) is 80.8 Å². The molecule has 1 aliphatic heterocycles. The molecule has 49 heavy (non-hydrogen) atoms. The molecule has 4 rings (SSSR count). The number of Topliss-reactive ketones (excluding diaryl/α,β-unsaturated/α-hetero) is 2. The fourth-order valence-corrected chi connectivity index (χ4v) is 7.88. The second-order valence-electron chi connectivity index (χ2n) is 15.5. The van der Waals surface area contributed by atoms with Gasteiger partial charge in [-0.2, -0.15) is 0 Å². The molecule has 12 nitrogen and oxygen atoms in total. The summed E-state index contributed by atoms with van der Waals surface area (Å²) in [5.41, 5.74) is -0.508. The van der Waals surface area contributed by atoms with Gasteiger partial charge in [0, 0.05) is 37.3 Å². The average Bonchev–Trinajstić information content (AvgIpc) is 3.83. The highest BCUT2D eigenvalue weighted by Crippen LogP contribution is 2.43. The van der Waals surface area contributed by atoms with E-state index in [1.165, 1.54) is 18.6 Å². The van der Waals surface area contributed by atoms with Crippen LogP contribution in [-0.2, 0) is 24.0 Å². The monoisotopic (exact) mass is 680 g/mol. The van der Waals surface area contributed by atoms with Gasteiger partial charge in [0.05, 0.1) is 12.2 Å². The second kappa shape index (κ2) is 16.8. The SMILES string of the molecule is CCC[C@H](NC(=O)[C@@H]1[C@H]2CCC[C@H]2CN1C(=O)[C@@H](NC(=O)[C@@H](CC(=O)c1cnccn1)C1CCCC1)C(C)(C)C)C(=O)C(=O)N[C@@H](C)CC. The predicted molar refractivity (Wildman–Crippen MR) is 184 cm³/mol. The molecular formula is C37H56N6O6. The number of nitrogens with one attached hydrogen (secondary N) is 3. The van der Waals surface area contributed by atoms with Gasteiger partial charge >= 0.3 is 0 Å². The first-order valence-electron chi connectivity index (χ1n) is 18.3. The fraction of sp³-hybridized carbons (Fsp3) is 0.730. The van der Waals surface area contributed by atoms with Crippen LogP contribution >= 0.6 is 0 Å². The highest BCUT2D eigenvalue weighted by Gasteiger charge is 2.52. The Morgan fingerprint density at radius 1 is 0.939 bits per heavy atom.